The van der Waals surface area contributed by atoms with E-state index in [1.165, 1.54) is 0 Å². The van der Waals surface area contributed by atoms with Crippen molar-refractivity contribution in [1.82, 2.24) is 15.2 Å². The Morgan fingerprint density at radius 2 is 2.18 bits per heavy atom. The van der Waals surface area contributed by atoms with Crippen LogP contribution in [0, 0.1) is 12.3 Å². The summed E-state index contributed by atoms with van der Waals surface area (Å²) in [7, 11) is 2.01. The maximum absolute atomic E-state index is 9.49. The van der Waals surface area contributed by atoms with E-state index in [0.717, 1.165) is 36.2 Å². The van der Waals surface area contributed by atoms with Crippen LogP contribution in [-0.2, 0) is 6.54 Å². The number of aryl methyl sites for hydroxylation is 1. The molecule has 1 aromatic rings. The molecule has 22 heavy (non-hydrogen) atoms. The van der Waals surface area contributed by atoms with Gasteiger partial charge in [-0.15, -0.1) is 35.3 Å². The van der Waals surface area contributed by atoms with E-state index >= 15 is 0 Å². The van der Waals surface area contributed by atoms with Crippen molar-refractivity contribution in [3.63, 3.8) is 0 Å². The molecule has 0 aliphatic carbocycles. The molecule has 1 rings (SSSR count). The van der Waals surface area contributed by atoms with Crippen LogP contribution in [0.4, 0.5) is 0 Å². The molecule has 0 spiro atoms. The number of halogens is 1. The first kappa shape index (κ1) is 21.6. The zero-order chi connectivity index (χ0) is 15.9. The molecule has 5 nitrogen and oxygen atoms in total. The second kappa shape index (κ2) is 10.4. The number of hydrogen-bond acceptors (Lipinski definition) is 4. The van der Waals surface area contributed by atoms with Crippen molar-refractivity contribution in [3.8, 4) is 0 Å². The first-order valence-electron chi connectivity index (χ1n) is 7.45. The van der Waals surface area contributed by atoms with Gasteiger partial charge < -0.3 is 15.3 Å². The first-order valence-corrected chi connectivity index (χ1v) is 8.33. The number of guanidine groups is 1. The van der Waals surface area contributed by atoms with E-state index in [4.69, 9.17) is 0 Å². The number of aliphatic hydroxyl groups is 1. The minimum absolute atomic E-state index is 0. The van der Waals surface area contributed by atoms with Crippen molar-refractivity contribution < 1.29 is 5.11 Å². The van der Waals surface area contributed by atoms with Crippen molar-refractivity contribution in [2.75, 3.05) is 26.7 Å². The summed E-state index contributed by atoms with van der Waals surface area (Å²) in [4.78, 5) is 11.2. The monoisotopic (exact) mass is 440 g/mol. The highest BCUT2D eigenvalue weighted by molar-refractivity contribution is 14.0. The summed E-state index contributed by atoms with van der Waals surface area (Å²) in [6.45, 7) is 10.5. The zero-order valence-corrected chi connectivity index (χ0v) is 17.4. The number of rotatable bonds is 7. The average Bonchev–Trinajstić information content (AvgIpc) is 2.88. The molecule has 0 aromatic carbocycles. The van der Waals surface area contributed by atoms with Crippen molar-refractivity contribution in [2.24, 2.45) is 10.4 Å². The lowest BCUT2D eigenvalue weighted by Gasteiger charge is -2.26. The Morgan fingerprint density at radius 3 is 2.64 bits per heavy atom. The van der Waals surface area contributed by atoms with Gasteiger partial charge in [0.1, 0.15) is 0 Å². The summed E-state index contributed by atoms with van der Waals surface area (Å²) in [5, 5.41) is 16.0. The van der Waals surface area contributed by atoms with Crippen LogP contribution in [-0.4, -0.2) is 47.7 Å². The standard InChI is InChI=1S/C15H28N4OS.HI/c1-6-15(4,11-20)10-17-14(16-7-2)19(5)8-13-9-21-12(3)18-13;/h9,20H,6-8,10-11H2,1-5H3,(H,16,17);1H. The van der Waals surface area contributed by atoms with Crippen molar-refractivity contribution in [1.29, 1.82) is 0 Å². The molecular formula is C15H29IN4OS. The number of aliphatic hydroxyl groups excluding tert-OH is 1. The average molecular weight is 440 g/mol. The minimum atomic E-state index is -0.154. The summed E-state index contributed by atoms with van der Waals surface area (Å²) in [6.07, 6.45) is 0.904. The van der Waals surface area contributed by atoms with E-state index in [9.17, 15) is 5.11 Å². The van der Waals surface area contributed by atoms with Crippen molar-refractivity contribution in [3.05, 3.63) is 16.1 Å². The Bertz CT molecular complexity index is 460. The molecular weight excluding hydrogens is 411 g/mol. The summed E-state index contributed by atoms with van der Waals surface area (Å²) in [5.74, 6) is 0.858. The fourth-order valence-electron chi connectivity index (χ4n) is 1.81. The molecule has 1 atom stereocenters. The fourth-order valence-corrected chi connectivity index (χ4v) is 2.41. The largest absolute Gasteiger partial charge is 0.396 e. The van der Waals surface area contributed by atoms with Gasteiger partial charge in [-0.1, -0.05) is 13.8 Å². The molecule has 1 unspecified atom stereocenters. The van der Waals surface area contributed by atoms with Crippen LogP contribution in [0.15, 0.2) is 10.4 Å². The van der Waals surface area contributed by atoms with Gasteiger partial charge in [-0.25, -0.2) is 4.98 Å². The number of aromatic nitrogens is 1. The quantitative estimate of drug-likeness (QED) is 0.389. The van der Waals surface area contributed by atoms with Gasteiger partial charge in [-0.05, 0) is 20.3 Å². The van der Waals surface area contributed by atoms with Crippen LogP contribution in [0.3, 0.4) is 0 Å². The highest BCUT2D eigenvalue weighted by atomic mass is 127. The SMILES string of the molecule is CCNC(=NCC(C)(CC)CO)N(C)Cc1csc(C)n1.I. The van der Waals surface area contributed by atoms with Crippen LogP contribution >= 0.6 is 35.3 Å². The van der Waals surface area contributed by atoms with Gasteiger partial charge in [0.05, 0.1) is 30.4 Å². The van der Waals surface area contributed by atoms with E-state index in [-0.39, 0.29) is 36.0 Å². The molecule has 0 radical (unpaired) electrons. The van der Waals surface area contributed by atoms with E-state index in [2.05, 4.69) is 46.3 Å². The van der Waals surface area contributed by atoms with Gasteiger partial charge in [-0.3, -0.25) is 4.99 Å². The minimum Gasteiger partial charge on any atom is -0.396 e. The fraction of sp³-hybridized carbons (Fsp3) is 0.733. The highest BCUT2D eigenvalue weighted by Gasteiger charge is 2.21. The third-order valence-electron chi connectivity index (χ3n) is 3.61. The second-order valence-corrected chi connectivity index (χ2v) is 6.77. The molecule has 0 aliphatic rings. The lowest BCUT2D eigenvalue weighted by Crippen LogP contribution is -2.39. The summed E-state index contributed by atoms with van der Waals surface area (Å²) in [5.41, 5.74) is 0.907. The molecule has 0 amide bonds. The molecule has 1 heterocycles. The van der Waals surface area contributed by atoms with Crippen LogP contribution in [0.25, 0.3) is 0 Å². The number of nitrogens with zero attached hydrogens (tertiary/aromatic N) is 3. The molecule has 2 N–H and O–H groups in total. The second-order valence-electron chi connectivity index (χ2n) is 5.71. The third-order valence-corrected chi connectivity index (χ3v) is 4.43. The van der Waals surface area contributed by atoms with Crippen LogP contribution in [0.5, 0.6) is 0 Å². The van der Waals surface area contributed by atoms with Crippen LogP contribution < -0.4 is 5.32 Å². The Kier molecular flexibility index (Phi) is 10.2. The number of thiazole rings is 1. The smallest absolute Gasteiger partial charge is 0.194 e. The van der Waals surface area contributed by atoms with Crippen molar-refractivity contribution >= 4 is 41.3 Å². The lowest BCUT2D eigenvalue weighted by atomic mass is 9.89. The maximum atomic E-state index is 9.49. The van der Waals surface area contributed by atoms with E-state index in [1.807, 2.05) is 14.0 Å². The predicted molar refractivity (Wildman–Crippen MR) is 105 cm³/mol. The predicted octanol–water partition coefficient (Wildman–Crippen LogP) is 2.88. The van der Waals surface area contributed by atoms with Gasteiger partial charge in [0.2, 0.25) is 0 Å². The molecule has 0 saturated heterocycles. The molecule has 0 aliphatic heterocycles. The molecule has 7 heteroatoms. The number of aliphatic imine (C=N–C) groups is 1. The number of hydrogen-bond donors (Lipinski definition) is 2. The van der Waals surface area contributed by atoms with E-state index in [1.54, 1.807) is 11.3 Å². The summed E-state index contributed by atoms with van der Waals surface area (Å²) in [6, 6.07) is 0. The summed E-state index contributed by atoms with van der Waals surface area (Å²) >= 11 is 1.67. The topological polar surface area (TPSA) is 60.8 Å². The maximum Gasteiger partial charge on any atom is 0.194 e. The Labute approximate surface area is 155 Å². The van der Waals surface area contributed by atoms with Gasteiger partial charge in [0, 0.05) is 24.4 Å². The van der Waals surface area contributed by atoms with Crippen LogP contribution in [0.2, 0.25) is 0 Å². The molecule has 128 valence electrons. The van der Waals surface area contributed by atoms with Gasteiger partial charge in [0.15, 0.2) is 5.96 Å². The molecule has 0 bridgehead atoms. The number of nitrogens with one attached hydrogen (secondary N) is 1. The Balaban J connectivity index is 0.00000441. The van der Waals surface area contributed by atoms with Gasteiger partial charge in [0.25, 0.3) is 0 Å². The molecule has 0 fully saturated rings. The van der Waals surface area contributed by atoms with Gasteiger partial charge >= 0.3 is 0 Å². The van der Waals surface area contributed by atoms with Crippen molar-refractivity contribution in [2.45, 2.75) is 40.7 Å². The van der Waals surface area contributed by atoms with Crippen LogP contribution in [0.1, 0.15) is 37.9 Å². The molecule has 1 aromatic heterocycles. The Hall–Kier alpha value is -0.410. The normalized spacial score (nSPS) is 14.2. The summed E-state index contributed by atoms with van der Waals surface area (Å²) < 4.78 is 0. The Morgan fingerprint density at radius 1 is 1.50 bits per heavy atom. The molecule has 0 saturated carbocycles. The van der Waals surface area contributed by atoms with Gasteiger partial charge in [-0.2, -0.15) is 0 Å². The van der Waals surface area contributed by atoms with E-state index in [0.29, 0.717) is 6.54 Å². The highest BCUT2D eigenvalue weighted by Crippen LogP contribution is 2.20. The lowest BCUT2D eigenvalue weighted by molar-refractivity contribution is 0.145. The third kappa shape index (κ3) is 6.78. The first-order chi connectivity index (χ1) is 9.94. The van der Waals surface area contributed by atoms with E-state index < -0.39 is 0 Å². The zero-order valence-electron chi connectivity index (χ0n) is 14.2.